The number of ether oxygens (including phenoxy) is 1. The van der Waals surface area contributed by atoms with Gasteiger partial charge in [0.25, 0.3) is 0 Å². The van der Waals surface area contributed by atoms with Gasteiger partial charge < -0.3 is 10.1 Å². The smallest absolute Gasteiger partial charge is 0.213 e. The second kappa shape index (κ2) is 6.16. The molecule has 0 spiro atoms. The van der Waals surface area contributed by atoms with E-state index in [1.807, 2.05) is 12.3 Å². The third-order valence-electron chi connectivity index (χ3n) is 3.67. The van der Waals surface area contributed by atoms with Crippen molar-refractivity contribution < 1.29 is 4.74 Å². The molecular weight excluding hydrogens is 226 g/mol. The van der Waals surface area contributed by atoms with Crippen molar-refractivity contribution >= 4 is 0 Å². The number of rotatable bonds is 4. The zero-order chi connectivity index (χ0) is 13.0. The van der Waals surface area contributed by atoms with Crippen LogP contribution in [0, 0.1) is 0 Å². The Morgan fingerprint density at radius 2 is 2.39 bits per heavy atom. The molecule has 18 heavy (non-hydrogen) atoms. The number of nitrogens with one attached hydrogen (secondary N) is 1. The van der Waals surface area contributed by atoms with E-state index in [0.29, 0.717) is 18.0 Å². The summed E-state index contributed by atoms with van der Waals surface area (Å²) >= 11 is 0. The van der Waals surface area contributed by atoms with E-state index in [0.717, 1.165) is 19.6 Å². The summed E-state index contributed by atoms with van der Waals surface area (Å²) in [4.78, 5) is 6.68. The largest absolute Gasteiger partial charge is 0.481 e. The van der Waals surface area contributed by atoms with Crippen LogP contribution in [0.3, 0.4) is 0 Å². The van der Waals surface area contributed by atoms with Gasteiger partial charge in [-0.05, 0) is 25.0 Å². The predicted octanol–water partition coefficient (Wildman–Crippen LogP) is 1.66. The van der Waals surface area contributed by atoms with E-state index in [9.17, 15) is 0 Å². The molecule has 1 saturated heterocycles. The Kier molecular flexibility index (Phi) is 4.55. The molecule has 0 aromatic carbocycles. The fraction of sp³-hybridized carbons (Fsp3) is 0.643. The van der Waals surface area contributed by atoms with Crippen molar-refractivity contribution in [2.75, 3.05) is 20.2 Å². The van der Waals surface area contributed by atoms with E-state index in [1.54, 1.807) is 7.11 Å². The molecule has 0 bridgehead atoms. The highest BCUT2D eigenvalue weighted by Gasteiger charge is 2.23. The first-order valence-electron chi connectivity index (χ1n) is 6.69. The number of nitrogens with zero attached hydrogens (tertiary/aromatic N) is 2. The van der Waals surface area contributed by atoms with Gasteiger partial charge in [-0.15, -0.1) is 0 Å². The van der Waals surface area contributed by atoms with E-state index < -0.39 is 0 Å². The monoisotopic (exact) mass is 249 g/mol. The summed E-state index contributed by atoms with van der Waals surface area (Å²) in [5.74, 6) is 0.697. The van der Waals surface area contributed by atoms with Crippen LogP contribution in [-0.2, 0) is 6.54 Å². The molecule has 2 unspecified atom stereocenters. The first-order chi connectivity index (χ1) is 8.72. The van der Waals surface area contributed by atoms with E-state index >= 15 is 0 Å². The highest BCUT2D eigenvalue weighted by atomic mass is 16.5. The minimum atomic E-state index is 0.576. The van der Waals surface area contributed by atoms with E-state index in [2.05, 4.69) is 35.1 Å². The molecule has 100 valence electrons. The Morgan fingerprint density at radius 1 is 1.56 bits per heavy atom. The SMILES string of the molecule is CCC1CN(Cc2ccnc(OC)c2)C(C)CN1. The van der Waals surface area contributed by atoms with Gasteiger partial charge in [0.1, 0.15) is 0 Å². The third-order valence-corrected chi connectivity index (χ3v) is 3.67. The van der Waals surface area contributed by atoms with Crippen LogP contribution < -0.4 is 10.1 Å². The molecule has 0 saturated carbocycles. The fourth-order valence-corrected chi connectivity index (χ4v) is 2.38. The predicted molar refractivity (Wildman–Crippen MR) is 72.7 cm³/mol. The zero-order valence-electron chi connectivity index (χ0n) is 11.5. The molecular formula is C14H23N3O. The number of pyridine rings is 1. The quantitative estimate of drug-likeness (QED) is 0.880. The highest BCUT2D eigenvalue weighted by Crippen LogP contribution is 2.15. The van der Waals surface area contributed by atoms with Crippen molar-refractivity contribution in [1.82, 2.24) is 15.2 Å². The molecule has 0 aliphatic carbocycles. The molecule has 2 rings (SSSR count). The van der Waals surface area contributed by atoms with Crippen LogP contribution in [-0.4, -0.2) is 42.2 Å². The molecule has 1 aromatic heterocycles. The van der Waals surface area contributed by atoms with Gasteiger partial charge in [0.2, 0.25) is 5.88 Å². The van der Waals surface area contributed by atoms with E-state index in [1.165, 1.54) is 12.0 Å². The molecule has 1 fully saturated rings. The Labute approximate surface area is 109 Å². The molecule has 1 N–H and O–H groups in total. The Hall–Kier alpha value is -1.13. The van der Waals surface area contributed by atoms with Crippen LogP contribution >= 0.6 is 0 Å². The van der Waals surface area contributed by atoms with Crippen molar-refractivity contribution in [3.05, 3.63) is 23.9 Å². The van der Waals surface area contributed by atoms with E-state index in [4.69, 9.17) is 4.74 Å². The van der Waals surface area contributed by atoms with Gasteiger partial charge in [-0.3, -0.25) is 4.90 Å². The van der Waals surface area contributed by atoms with Crippen LogP contribution in [0.1, 0.15) is 25.8 Å². The third kappa shape index (κ3) is 3.21. The lowest BCUT2D eigenvalue weighted by molar-refractivity contribution is 0.131. The van der Waals surface area contributed by atoms with Gasteiger partial charge in [0, 0.05) is 44.0 Å². The van der Waals surface area contributed by atoms with Crippen LogP contribution in [0.25, 0.3) is 0 Å². The molecule has 2 atom stereocenters. The molecule has 0 radical (unpaired) electrons. The average Bonchev–Trinajstić information content (AvgIpc) is 2.41. The maximum Gasteiger partial charge on any atom is 0.213 e. The molecule has 4 heteroatoms. The van der Waals surface area contributed by atoms with Crippen LogP contribution in [0.4, 0.5) is 0 Å². The van der Waals surface area contributed by atoms with Crippen molar-refractivity contribution in [2.24, 2.45) is 0 Å². The Bertz CT molecular complexity index is 383. The standard InChI is InChI=1S/C14H23N3O/c1-4-13-10-17(11(2)8-16-13)9-12-5-6-15-14(7-12)18-3/h5-7,11,13,16H,4,8-10H2,1-3H3. The second-order valence-corrected chi connectivity index (χ2v) is 5.00. The van der Waals surface area contributed by atoms with Gasteiger partial charge in [0.05, 0.1) is 7.11 Å². The molecule has 4 nitrogen and oxygen atoms in total. The normalized spacial score (nSPS) is 25.1. The summed E-state index contributed by atoms with van der Waals surface area (Å²) < 4.78 is 5.17. The Balaban J connectivity index is 2.02. The average molecular weight is 249 g/mol. The summed E-state index contributed by atoms with van der Waals surface area (Å²) in [7, 11) is 1.66. The highest BCUT2D eigenvalue weighted by molar-refractivity contribution is 5.20. The summed E-state index contributed by atoms with van der Waals surface area (Å²) in [5, 5.41) is 3.58. The number of hydrogen-bond acceptors (Lipinski definition) is 4. The van der Waals surface area contributed by atoms with Gasteiger partial charge >= 0.3 is 0 Å². The van der Waals surface area contributed by atoms with E-state index in [-0.39, 0.29) is 0 Å². The van der Waals surface area contributed by atoms with Crippen LogP contribution in [0.2, 0.25) is 0 Å². The number of aromatic nitrogens is 1. The summed E-state index contributed by atoms with van der Waals surface area (Å²) in [6.07, 6.45) is 3.00. The van der Waals surface area contributed by atoms with Gasteiger partial charge in [-0.1, -0.05) is 6.92 Å². The minimum absolute atomic E-state index is 0.576. The molecule has 1 aliphatic heterocycles. The number of hydrogen-bond donors (Lipinski definition) is 1. The summed E-state index contributed by atoms with van der Waals surface area (Å²) in [5.41, 5.74) is 1.27. The van der Waals surface area contributed by atoms with Gasteiger partial charge in [-0.2, -0.15) is 0 Å². The first kappa shape index (κ1) is 13.3. The lowest BCUT2D eigenvalue weighted by atomic mass is 10.1. The second-order valence-electron chi connectivity index (χ2n) is 5.00. The zero-order valence-corrected chi connectivity index (χ0v) is 11.5. The maximum atomic E-state index is 5.17. The minimum Gasteiger partial charge on any atom is -0.481 e. The maximum absolute atomic E-state index is 5.17. The van der Waals surface area contributed by atoms with Crippen LogP contribution in [0.15, 0.2) is 18.3 Å². The first-order valence-corrected chi connectivity index (χ1v) is 6.69. The number of piperazine rings is 1. The Morgan fingerprint density at radius 3 is 3.11 bits per heavy atom. The summed E-state index contributed by atoms with van der Waals surface area (Å²) in [6.45, 7) is 7.67. The van der Waals surface area contributed by atoms with Crippen molar-refractivity contribution in [3.63, 3.8) is 0 Å². The topological polar surface area (TPSA) is 37.4 Å². The molecule has 2 heterocycles. The van der Waals surface area contributed by atoms with Crippen molar-refractivity contribution in [3.8, 4) is 5.88 Å². The van der Waals surface area contributed by atoms with Crippen molar-refractivity contribution in [2.45, 2.75) is 38.9 Å². The van der Waals surface area contributed by atoms with Gasteiger partial charge in [-0.25, -0.2) is 4.98 Å². The molecule has 1 aromatic rings. The fourth-order valence-electron chi connectivity index (χ4n) is 2.38. The molecule has 1 aliphatic rings. The van der Waals surface area contributed by atoms with Crippen LogP contribution in [0.5, 0.6) is 5.88 Å². The number of methoxy groups -OCH3 is 1. The molecule has 0 amide bonds. The van der Waals surface area contributed by atoms with Gasteiger partial charge in [0.15, 0.2) is 0 Å². The van der Waals surface area contributed by atoms with Crippen molar-refractivity contribution in [1.29, 1.82) is 0 Å². The lowest BCUT2D eigenvalue weighted by Crippen LogP contribution is -2.54. The lowest BCUT2D eigenvalue weighted by Gasteiger charge is -2.38. The summed E-state index contributed by atoms with van der Waals surface area (Å²) in [6, 6.07) is 5.28.